The van der Waals surface area contributed by atoms with Crippen molar-refractivity contribution in [1.29, 1.82) is 0 Å². The molecule has 5 heteroatoms. The molecule has 0 aliphatic heterocycles. The third-order valence-electron chi connectivity index (χ3n) is 2.71. The van der Waals surface area contributed by atoms with Crippen molar-refractivity contribution in [2.45, 2.75) is 6.54 Å². The summed E-state index contributed by atoms with van der Waals surface area (Å²) in [4.78, 5) is 4.43. The second-order valence-corrected chi connectivity index (χ2v) is 4.04. The number of anilines is 2. The average Bonchev–Trinajstić information content (AvgIpc) is 2.85. The standard InChI is InChI=1S/C13H13N5/c14-11-3-1-10(2-4-11)9-15-12-6-8-18-13(17-12)5-7-16-18/h1-8H,9,14H2,(H,15,17). The van der Waals surface area contributed by atoms with E-state index in [1.165, 1.54) is 5.56 Å². The first-order valence-electron chi connectivity index (χ1n) is 5.70. The molecule has 0 atom stereocenters. The number of nitrogen functional groups attached to an aromatic ring is 1. The van der Waals surface area contributed by atoms with E-state index in [1.54, 1.807) is 10.7 Å². The van der Waals surface area contributed by atoms with Crippen molar-refractivity contribution >= 4 is 17.2 Å². The summed E-state index contributed by atoms with van der Waals surface area (Å²) >= 11 is 0. The molecule has 0 saturated heterocycles. The van der Waals surface area contributed by atoms with Gasteiger partial charge in [-0.25, -0.2) is 9.50 Å². The number of nitrogens with zero attached hydrogens (tertiary/aromatic N) is 3. The molecule has 5 nitrogen and oxygen atoms in total. The lowest BCUT2D eigenvalue weighted by Gasteiger charge is -2.06. The van der Waals surface area contributed by atoms with Gasteiger partial charge in [0, 0.05) is 24.5 Å². The van der Waals surface area contributed by atoms with Crippen LogP contribution in [0.15, 0.2) is 48.8 Å². The van der Waals surface area contributed by atoms with E-state index in [0.29, 0.717) is 0 Å². The van der Waals surface area contributed by atoms with E-state index in [9.17, 15) is 0 Å². The highest BCUT2D eigenvalue weighted by atomic mass is 15.2. The van der Waals surface area contributed by atoms with Crippen LogP contribution in [0.25, 0.3) is 5.65 Å². The van der Waals surface area contributed by atoms with Crippen molar-refractivity contribution in [3.63, 3.8) is 0 Å². The molecule has 0 radical (unpaired) electrons. The minimum Gasteiger partial charge on any atom is -0.399 e. The predicted octanol–water partition coefficient (Wildman–Crippen LogP) is 1.92. The van der Waals surface area contributed by atoms with Gasteiger partial charge in [-0.3, -0.25) is 0 Å². The van der Waals surface area contributed by atoms with E-state index in [-0.39, 0.29) is 0 Å². The first-order chi connectivity index (χ1) is 8.81. The molecule has 2 aromatic heterocycles. The Bertz CT molecular complexity index is 656. The van der Waals surface area contributed by atoms with E-state index >= 15 is 0 Å². The Morgan fingerprint density at radius 3 is 2.78 bits per heavy atom. The van der Waals surface area contributed by atoms with Crippen molar-refractivity contribution in [1.82, 2.24) is 14.6 Å². The van der Waals surface area contributed by atoms with Crippen LogP contribution in [0, 0.1) is 0 Å². The number of fused-ring (bicyclic) bond motifs is 1. The summed E-state index contributed by atoms with van der Waals surface area (Å²) in [6, 6.07) is 11.6. The zero-order chi connectivity index (χ0) is 12.4. The van der Waals surface area contributed by atoms with Gasteiger partial charge in [-0.2, -0.15) is 5.10 Å². The Morgan fingerprint density at radius 1 is 1.11 bits per heavy atom. The molecule has 1 aromatic carbocycles. The second-order valence-electron chi connectivity index (χ2n) is 4.04. The Balaban J connectivity index is 1.74. The van der Waals surface area contributed by atoms with Crippen LogP contribution in [-0.2, 0) is 6.54 Å². The van der Waals surface area contributed by atoms with Crippen LogP contribution in [0.1, 0.15) is 5.56 Å². The first-order valence-corrected chi connectivity index (χ1v) is 5.70. The van der Waals surface area contributed by atoms with Crippen molar-refractivity contribution in [3.8, 4) is 0 Å². The van der Waals surface area contributed by atoms with Crippen LogP contribution >= 0.6 is 0 Å². The molecule has 3 aromatic rings. The number of aromatic nitrogens is 3. The second kappa shape index (κ2) is 4.37. The first kappa shape index (κ1) is 10.6. The Morgan fingerprint density at radius 2 is 1.94 bits per heavy atom. The monoisotopic (exact) mass is 239 g/mol. The van der Waals surface area contributed by atoms with E-state index in [1.807, 2.05) is 42.6 Å². The highest BCUT2D eigenvalue weighted by Gasteiger charge is 1.98. The SMILES string of the molecule is Nc1ccc(CNc2ccn3nccc3n2)cc1. The van der Waals surface area contributed by atoms with Crippen LogP contribution in [0.2, 0.25) is 0 Å². The number of benzene rings is 1. The predicted molar refractivity (Wildman–Crippen MR) is 71.2 cm³/mol. The molecule has 0 aliphatic rings. The van der Waals surface area contributed by atoms with Gasteiger partial charge in [0.25, 0.3) is 0 Å². The summed E-state index contributed by atoms with van der Waals surface area (Å²) in [6.07, 6.45) is 3.61. The summed E-state index contributed by atoms with van der Waals surface area (Å²) < 4.78 is 1.73. The van der Waals surface area contributed by atoms with E-state index in [0.717, 1.165) is 23.7 Å². The molecule has 90 valence electrons. The molecule has 0 fully saturated rings. The summed E-state index contributed by atoms with van der Waals surface area (Å²) in [7, 11) is 0. The maximum absolute atomic E-state index is 5.64. The fourth-order valence-corrected chi connectivity index (χ4v) is 1.74. The lowest BCUT2D eigenvalue weighted by atomic mass is 10.2. The molecule has 0 saturated carbocycles. The maximum Gasteiger partial charge on any atom is 0.157 e. The maximum atomic E-state index is 5.64. The third kappa shape index (κ3) is 2.10. The van der Waals surface area contributed by atoms with Gasteiger partial charge in [-0.1, -0.05) is 12.1 Å². The van der Waals surface area contributed by atoms with Crippen LogP contribution in [0.3, 0.4) is 0 Å². The van der Waals surface area contributed by atoms with Crippen molar-refractivity contribution in [2.24, 2.45) is 0 Å². The smallest absolute Gasteiger partial charge is 0.157 e. The number of hydrogen-bond donors (Lipinski definition) is 2. The van der Waals surface area contributed by atoms with E-state index in [4.69, 9.17) is 5.73 Å². The molecular weight excluding hydrogens is 226 g/mol. The number of nitrogens with two attached hydrogens (primary N) is 1. The molecule has 0 bridgehead atoms. The third-order valence-corrected chi connectivity index (χ3v) is 2.71. The molecule has 0 amide bonds. The van der Waals surface area contributed by atoms with Gasteiger partial charge in [-0.15, -0.1) is 0 Å². The molecule has 3 N–H and O–H groups in total. The summed E-state index contributed by atoms with van der Waals surface area (Å²) in [5, 5.41) is 7.37. The Hall–Kier alpha value is -2.56. The summed E-state index contributed by atoms with van der Waals surface area (Å²) in [6.45, 7) is 0.720. The minimum atomic E-state index is 0.720. The van der Waals surface area contributed by atoms with Gasteiger partial charge in [0.15, 0.2) is 5.65 Å². The number of rotatable bonds is 3. The van der Waals surface area contributed by atoms with Crippen LogP contribution in [0.5, 0.6) is 0 Å². The number of nitrogens with one attached hydrogen (secondary N) is 1. The highest BCUT2D eigenvalue weighted by molar-refractivity contribution is 5.46. The van der Waals surface area contributed by atoms with Gasteiger partial charge in [0.05, 0.1) is 6.20 Å². The molecule has 0 unspecified atom stereocenters. The molecular formula is C13H13N5. The van der Waals surface area contributed by atoms with Gasteiger partial charge < -0.3 is 11.1 Å². The lowest BCUT2D eigenvalue weighted by molar-refractivity contribution is 0.936. The van der Waals surface area contributed by atoms with E-state index < -0.39 is 0 Å². The molecule has 0 spiro atoms. The van der Waals surface area contributed by atoms with Crippen molar-refractivity contribution in [2.75, 3.05) is 11.1 Å². The zero-order valence-corrected chi connectivity index (χ0v) is 9.74. The molecule has 2 heterocycles. The average molecular weight is 239 g/mol. The fraction of sp³-hybridized carbons (Fsp3) is 0.0769. The fourth-order valence-electron chi connectivity index (χ4n) is 1.74. The van der Waals surface area contributed by atoms with Crippen LogP contribution < -0.4 is 11.1 Å². The molecule has 3 rings (SSSR count). The van der Waals surface area contributed by atoms with Gasteiger partial charge in [0.1, 0.15) is 5.82 Å². The largest absolute Gasteiger partial charge is 0.399 e. The molecule has 0 aliphatic carbocycles. The van der Waals surface area contributed by atoms with Gasteiger partial charge in [-0.05, 0) is 23.8 Å². The van der Waals surface area contributed by atoms with Gasteiger partial charge in [0.2, 0.25) is 0 Å². The van der Waals surface area contributed by atoms with Gasteiger partial charge >= 0.3 is 0 Å². The van der Waals surface area contributed by atoms with E-state index in [2.05, 4.69) is 15.4 Å². The van der Waals surface area contributed by atoms with Crippen molar-refractivity contribution in [3.05, 3.63) is 54.4 Å². The topological polar surface area (TPSA) is 68.2 Å². The highest BCUT2D eigenvalue weighted by Crippen LogP contribution is 2.10. The van der Waals surface area contributed by atoms with Crippen LogP contribution in [-0.4, -0.2) is 14.6 Å². The Labute approximate surface area is 104 Å². The van der Waals surface area contributed by atoms with Crippen molar-refractivity contribution < 1.29 is 0 Å². The quantitative estimate of drug-likeness (QED) is 0.685. The minimum absolute atomic E-state index is 0.720. The summed E-state index contributed by atoms with van der Waals surface area (Å²) in [5.41, 5.74) is 8.41. The Kier molecular flexibility index (Phi) is 2.57. The molecule has 18 heavy (non-hydrogen) atoms. The summed E-state index contributed by atoms with van der Waals surface area (Å²) in [5.74, 6) is 0.833. The van der Waals surface area contributed by atoms with Crippen LogP contribution in [0.4, 0.5) is 11.5 Å². The number of hydrogen-bond acceptors (Lipinski definition) is 4. The lowest BCUT2D eigenvalue weighted by Crippen LogP contribution is -2.02. The normalized spacial score (nSPS) is 10.7. The zero-order valence-electron chi connectivity index (χ0n) is 9.74.